The van der Waals surface area contributed by atoms with Gasteiger partial charge in [0.25, 0.3) is 0 Å². The van der Waals surface area contributed by atoms with E-state index in [4.69, 9.17) is 0 Å². The molecule has 0 amide bonds. The SMILES string of the molecule is CCCCc1c(CCCC)c(CCCC)c2c(c1CCCC)Cc1ccccc1-2. The van der Waals surface area contributed by atoms with Gasteiger partial charge in [0.2, 0.25) is 0 Å². The summed E-state index contributed by atoms with van der Waals surface area (Å²) in [6.07, 6.45) is 16.7. The molecule has 0 bridgehead atoms. The highest BCUT2D eigenvalue weighted by molar-refractivity contribution is 5.83. The quantitative estimate of drug-likeness (QED) is 0.290. The fourth-order valence-electron chi connectivity index (χ4n) is 5.25. The Morgan fingerprint density at radius 1 is 0.586 bits per heavy atom. The minimum absolute atomic E-state index is 1.16. The minimum atomic E-state index is 1.16. The summed E-state index contributed by atoms with van der Waals surface area (Å²) in [5.41, 5.74) is 13.5. The van der Waals surface area contributed by atoms with Crippen molar-refractivity contribution in [2.45, 2.75) is 111 Å². The maximum Gasteiger partial charge on any atom is -0.00105 e. The van der Waals surface area contributed by atoms with Gasteiger partial charge in [-0.25, -0.2) is 0 Å². The summed E-state index contributed by atoms with van der Waals surface area (Å²) >= 11 is 0. The van der Waals surface area contributed by atoms with Gasteiger partial charge in [-0.3, -0.25) is 0 Å². The highest BCUT2D eigenvalue weighted by Crippen LogP contribution is 2.45. The Labute approximate surface area is 180 Å². The fraction of sp³-hybridized carbons (Fsp3) is 0.586. The van der Waals surface area contributed by atoms with Gasteiger partial charge in [-0.05, 0) is 102 Å². The summed E-state index contributed by atoms with van der Waals surface area (Å²) in [5.74, 6) is 0. The lowest BCUT2D eigenvalue weighted by Crippen LogP contribution is -2.11. The smallest absolute Gasteiger partial charge is 0.00105 e. The molecule has 1 aliphatic carbocycles. The molecule has 0 nitrogen and oxygen atoms in total. The van der Waals surface area contributed by atoms with Crippen molar-refractivity contribution in [3.8, 4) is 11.1 Å². The van der Waals surface area contributed by atoms with Crippen LogP contribution in [-0.4, -0.2) is 0 Å². The van der Waals surface area contributed by atoms with E-state index in [2.05, 4.69) is 52.0 Å². The molecule has 0 heteroatoms. The molecule has 0 radical (unpaired) electrons. The van der Waals surface area contributed by atoms with Gasteiger partial charge in [-0.1, -0.05) is 77.6 Å². The first kappa shape index (κ1) is 22.1. The first-order valence-electron chi connectivity index (χ1n) is 12.5. The molecule has 0 atom stereocenters. The molecule has 0 unspecified atom stereocenters. The topological polar surface area (TPSA) is 0 Å². The molecule has 1 aliphatic rings. The minimum Gasteiger partial charge on any atom is -0.0654 e. The Kier molecular flexibility index (Phi) is 8.40. The van der Waals surface area contributed by atoms with Crippen molar-refractivity contribution < 1.29 is 0 Å². The Hall–Kier alpha value is -1.56. The van der Waals surface area contributed by atoms with Crippen molar-refractivity contribution in [1.29, 1.82) is 0 Å². The number of rotatable bonds is 12. The monoisotopic (exact) mass is 390 g/mol. The zero-order valence-corrected chi connectivity index (χ0v) is 19.5. The van der Waals surface area contributed by atoms with E-state index in [1.54, 1.807) is 44.5 Å². The van der Waals surface area contributed by atoms with Crippen molar-refractivity contribution in [1.82, 2.24) is 0 Å². The van der Waals surface area contributed by atoms with Gasteiger partial charge >= 0.3 is 0 Å². The summed E-state index contributed by atoms with van der Waals surface area (Å²) < 4.78 is 0. The van der Waals surface area contributed by atoms with Gasteiger partial charge in [-0.15, -0.1) is 0 Å². The lowest BCUT2D eigenvalue weighted by Gasteiger charge is -2.25. The molecule has 0 N–H and O–H groups in total. The molecule has 0 fully saturated rings. The van der Waals surface area contributed by atoms with Gasteiger partial charge < -0.3 is 0 Å². The molecule has 0 aliphatic heterocycles. The number of benzene rings is 2. The molecule has 2 aromatic rings. The summed E-state index contributed by atoms with van der Waals surface area (Å²) in [4.78, 5) is 0. The van der Waals surface area contributed by atoms with E-state index < -0.39 is 0 Å². The van der Waals surface area contributed by atoms with Crippen molar-refractivity contribution >= 4 is 0 Å². The molecular weight excluding hydrogens is 348 g/mol. The second-order valence-electron chi connectivity index (χ2n) is 9.02. The normalized spacial score (nSPS) is 12.3. The standard InChI is InChI=1S/C29H42/c1-5-9-16-24-25(17-10-6-2)27(19-12-8-4)29-23-20-14-13-15-22(23)21-28(29)26(24)18-11-7-3/h13-15,20H,5-12,16-19,21H2,1-4H3. The van der Waals surface area contributed by atoms with E-state index >= 15 is 0 Å². The van der Waals surface area contributed by atoms with Crippen LogP contribution in [0.1, 0.15) is 112 Å². The van der Waals surface area contributed by atoms with E-state index in [1.807, 2.05) is 0 Å². The number of fused-ring (bicyclic) bond motifs is 3. The summed E-state index contributed by atoms with van der Waals surface area (Å²) in [5, 5.41) is 0. The molecule has 158 valence electrons. The van der Waals surface area contributed by atoms with E-state index in [0.29, 0.717) is 0 Å². The molecular formula is C29H42. The molecule has 2 aromatic carbocycles. The highest BCUT2D eigenvalue weighted by atomic mass is 14.3. The van der Waals surface area contributed by atoms with Gasteiger partial charge in [0.1, 0.15) is 0 Å². The van der Waals surface area contributed by atoms with Crippen LogP contribution in [0, 0.1) is 0 Å². The Morgan fingerprint density at radius 2 is 1.07 bits per heavy atom. The van der Waals surface area contributed by atoms with Crippen LogP contribution in [0.4, 0.5) is 0 Å². The molecule has 0 spiro atoms. The van der Waals surface area contributed by atoms with Crippen LogP contribution in [0.2, 0.25) is 0 Å². The number of unbranched alkanes of at least 4 members (excludes halogenated alkanes) is 4. The van der Waals surface area contributed by atoms with E-state index in [9.17, 15) is 0 Å². The molecule has 3 rings (SSSR count). The van der Waals surface area contributed by atoms with Crippen molar-refractivity contribution in [3.63, 3.8) is 0 Å². The Morgan fingerprint density at radius 3 is 1.66 bits per heavy atom. The van der Waals surface area contributed by atoms with Gasteiger partial charge in [0, 0.05) is 0 Å². The average Bonchev–Trinajstić information content (AvgIpc) is 3.13. The lowest BCUT2D eigenvalue weighted by atomic mass is 9.80. The lowest BCUT2D eigenvalue weighted by molar-refractivity contribution is 0.716. The largest absolute Gasteiger partial charge is 0.0654 e. The summed E-state index contributed by atoms with van der Waals surface area (Å²) in [6.45, 7) is 9.37. The van der Waals surface area contributed by atoms with E-state index in [1.165, 1.54) is 77.0 Å². The Bertz CT molecular complexity index is 796. The first-order chi connectivity index (χ1) is 14.3. The second-order valence-corrected chi connectivity index (χ2v) is 9.02. The van der Waals surface area contributed by atoms with E-state index in [-0.39, 0.29) is 0 Å². The maximum absolute atomic E-state index is 2.40. The first-order valence-corrected chi connectivity index (χ1v) is 12.5. The van der Waals surface area contributed by atoms with Crippen LogP contribution in [-0.2, 0) is 32.1 Å². The third-order valence-corrected chi connectivity index (χ3v) is 6.84. The fourth-order valence-corrected chi connectivity index (χ4v) is 5.25. The molecule has 0 heterocycles. The molecule has 0 saturated heterocycles. The molecule has 29 heavy (non-hydrogen) atoms. The Balaban J connectivity index is 2.25. The van der Waals surface area contributed by atoms with Crippen molar-refractivity contribution in [2.24, 2.45) is 0 Å². The number of hydrogen-bond acceptors (Lipinski definition) is 0. The number of hydrogen-bond donors (Lipinski definition) is 0. The van der Waals surface area contributed by atoms with Crippen LogP contribution in [0.25, 0.3) is 11.1 Å². The maximum atomic E-state index is 2.40. The zero-order valence-electron chi connectivity index (χ0n) is 19.5. The van der Waals surface area contributed by atoms with Gasteiger partial charge in [-0.2, -0.15) is 0 Å². The van der Waals surface area contributed by atoms with Crippen LogP contribution in [0.15, 0.2) is 24.3 Å². The summed E-state index contributed by atoms with van der Waals surface area (Å²) in [6, 6.07) is 9.26. The molecule has 0 saturated carbocycles. The van der Waals surface area contributed by atoms with Crippen molar-refractivity contribution in [2.75, 3.05) is 0 Å². The van der Waals surface area contributed by atoms with Crippen molar-refractivity contribution in [3.05, 3.63) is 57.6 Å². The third kappa shape index (κ3) is 4.79. The predicted octanol–water partition coefficient (Wildman–Crippen LogP) is 8.63. The van der Waals surface area contributed by atoms with E-state index in [0.717, 1.165) is 6.42 Å². The van der Waals surface area contributed by atoms with Crippen LogP contribution in [0.5, 0.6) is 0 Å². The summed E-state index contributed by atoms with van der Waals surface area (Å²) in [7, 11) is 0. The van der Waals surface area contributed by atoms with Gasteiger partial charge in [0.15, 0.2) is 0 Å². The van der Waals surface area contributed by atoms with Crippen LogP contribution < -0.4 is 0 Å². The third-order valence-electron chi connectivity index (χ3n) is 6.84. The van der Waals surface area contributed by atoms with Crippen LogP contribution >= 0.6 is 0 Å². The van der Waals surface area contributed by atoms with Gasteiger partial charge in [0.05, 0.1) is 0 Å². The van der Waals surface area contributed by atoms with Crippen LogP contribution in [0.3, 0.4) is 0 Å². The average molecular weight is 391 g/mol. The molecule has 0 aromatic heterocycles. The second kappa shape index (κ2) is 11.0. The predicted molar refractivity (Wildman–Crippen MR) is 129 cm³/mol. The zero-order chi connectivity index (χ0) is 20.6. The highest BCUT2D eigenvalue weighted by Gasteiger charge is 2.28.